The molecule has 0 aliphatic carbocycles. The third kappa shape index (κ3) is 3.61. The molecule has 0 aliphatic heterocycles. The van der Waals surface area contributed by atoms with Crippen LogP contribution in [0.1, 0.15) is 11.3 Å². The predicted octanol–water partition coefficient (Wildman–Crippen LogP) is 3.34. The topological polar surface area (TPSA) is 12.9 Å². The molecule has 1 rings (SSSR count). The van der Waals surface area contributed by atoms with E-state index in [1.807, 2.05) is 0 Å². The van der Waals surface area contributed by atoms with Gasteiger partial charge in [0.05, 0.1) is 5.88 Å². The van der Waals surface area contributed by atoms with E-state index in [0.29, 0.717) is 0 Å². The Morgan fingerprint density at radius 2 is 2.00 bits per heavy atom. The number of aromatic nitrogens is 1. The van der Waals surface area contributed by atoms with Gasteiger partial charge in [0.25, 0.3) is 0 Å². The highest BCUT2D eigenvalue weighted by atomic mass is 35.5. The summed E-state index contributed by atoms with van der Waals surface area (Å²) in [5, 5.41) is -0.247. The molecule has 0 amide bonds. The van der Waals surface area contributed by atoms with E-state index in [4.69, 9.17) is 23.2 Å². The van der Waals surface area contributed by atoms with Crippen LogP contribution in [-0.2, 0) is 6.18 Å². The predicted molar refractivity (Wildman–Crippen MR) is 51.8 cm³/mol. The zero-order valence-corrected chi connectivity index (χ0v) is 8.71. The molecular weight excluding hydrogens is 250 g/mol. The first kappa shape index (κ1) is 12.2. The van der Waals surface area contributed by atoms with Gasteiger partial charge in [-0.15, -0.1) is 11.6 Å². The van der Waals surface area contributed by atoms with Crippen molar-refractivity contribution in [1.82, 2.24) is 4.98 Å². The molecule has 0 atom stereocenters. The standard InChI is InChI=1S/C9H4Cl2F3N/c10-3-1-2-6-4-7(9(12,13)14)15-8(11)5-6/h4-5H,3H2. The summed E-state index contributed by atoms with van der Waals surface area (Å²) in [6, 6.07) is 2.07. The molecule has 0 aromatic carbocycles. The van der Waals surface area contributed by atoms with Gasteiger partial charge in [-0.3, -0.25) is 0 Å². The van der Waals surface area contributed by atoms with E-state index in [1.165, 1.54) is 6.07 Å². The zero-order chi connectivity index (χ0) is 11.5. The molecule has 6 heteroatoms. The summed E-state index contributed by atoms with van der Waals surface area (Å²) in [6.07, 6.45) is -4.53. The van der Waals surface area contributed by atoms with Crippen LogP contribution in [0.25, 0.3) is 0 Å². The first-order valence-corrected chi connectivity index (χ1v) is 4.64. The van der Waals surface area contributed by atoms with Gasteiger partial charge in [0, 0.05) is 5.56 Å². The fourth-order valence-electron chi connectivity index (χ4n) is 0.850. The van der Waals surface area contributed by atoms with Crippen molar-refractivity contribution in [3.63, 3.8) is 0 Å². The Bertz CT molecular complexity index is 418. The van der Waals surface area contributed by atoms with E-state index in [9.17, 15) is 13.2 Å². The van der Waals surface area contributed by atoms with Gasteiger partial charge in [-0.2, -0.15) is 13.2 Å². The number of hydrogen-bond acceptors (Lipinski definition) is 1. The van der Waals surface area contributed by atoms with Gasteiger partial charge in [0.1, 0.15) is 10.8 Å². The normalized spacial score (nSPS) is 10.7. The molecule has 0 spiro atoms. The molecule has 1 nitrogen and oxygen atoms in total. The smallest absolute Gasteiger partial charge is 0.232 e. The van der Waals surface area contributed by atoms with Crippen molar-refractivity contribution in [1.29, 1.82) is 0 Å². The summed E-state index contributed by atoms with van der Waals surface area (Å²) in [7, 11) is 0. The van der Waals surface area contributed by atoms with Crippen LogP contribution >= 0.6 is 23.2 Å². The lowest BCUT2D eigenvalue weighted by Gasteiger charge is -2.05. The van der Waals surface area contributed by atoms with Gasteiger partial charge in [-0.05, 0) is 12.1 Å². The second-order valence-electron chi connectivity index (χ2n) is 2.50. The highest BCUT2D eigenvalue weighted by molar-refractivity contribution is 6.29. The van der Waals surface area contributed by atoms with Gasteiger partial charge in [0.2, 0.25) is 0 Å². The average Bonchev–Trinajstić information content (AvgIpc) is 2.12. The monoisotopic (exact) mass is 253 g/mol. The van der Waals surface area contributed by atoms with Crippen LogP contribution < -0.4 is 0 Å². The van der Waals surface area contributed by atoms with Crippen molar-refractivity contribution >= 4 is 23.2 Å². The molecule has 0 N–H and O–H groups in total. The van der Waals surface area contributed by atoms with Crippen LogP contribution in [0.4, 0.5) is 13.2 Å². The highest BCUT2D eigenvalue weighted by Gasteiger charge is 2.33. The fraction of sp³-hybridized carbons (Fsp3) is 0.222. The Labute approximate surface area is 94.2 Å². The first-order valence-electron chi connectivity index (χ1n) is 3.73. The summed E-state index contributed by atoms with van der Waals surface area (Å²) < 4.78 is 36.8. The Morgan fingerprint density at radius 3 is 2.53 bits per heavy atom. The first-order chi connectivity index (χ1) is 6.93. The fourth-order valence-corrected chi connectivity index (χ4v) is 1.13. The van der Waals surface area contributed by atoms with Gasteiger partial charge in [0.15, 0.2) is 0 Å². The largest absolute Gasteiger partial charge is 0.433 e. The minimum Gasteiger partial charge on any atom is -0.232 e. The minimum absolute atomic E-state index is 0.0429. The summed E-state index contributed by atoms with van der Waals surface area (Å²) in [6.45, 7) is 0. The average molecular weight is 254 g/mol. The molecule has 0 fully saturated rings. The molecule has 0 bridgehead atoms. The van der Waals surface area contributed by atoms with E-state index in [1.54, 1.807) is 0 Å². The minimum atomic E-state index is -4.53. The third-order valence-corrected chi connectivity index (χ3v) is 1.71. The maximum Gasteiger partial charge on any atom is 0.433 e. The number of rotatable bonds is 0. The Hall–Kier alpha value is -0.920. The van der Waals surface area contributed by atoms with Gasteiger partial charge in [-0.1, -0.05) is 23.4 Å². The molecular formula is C9H4Cl2F3N. The Kier molecular flexibility index (Phi) is 3.83. The van der Waals surface area contributed by atoms with Crippen LogP contribution in [-0.4, -0.2) is 10.9 Å². The van der Waals surface area contributed by atoms with Crippen molar-refractivity contribution < 1.29 is 13.2 Å². The second kappa shape index (κ2) is 4.73. The van der Waals surface area contributed by atoms with Crippen molar-refractivity contribution in [3.05, 3.63) is 28.5 Å². The van der Waals surface area contributed by atoms with E-state index in [0.717, 1.165) is 6.07 Å². The summed E-state index contributed by atoms with van der Waals surface area (Å²) in [4.78, 5) is 3.15. The Balaban J connectivity index is 3.17. The number of pyridine rings is 1. The molecule has 0 saturated heterocycles. The van der Waals surface area contributed by atoms with Crippen molar-refractivity contribution in [2.24, 2.45) is 0 Å². The number of halogens is 5. The molecule has 0 aliphatic rings. The molecule has 15 heavy (non-hydrogen) atoms. The molecule has 1 aromatic heterocycles. The molecule has 80 valence electrons. The van der Waals surface area contributed by atoms with E-state index in [2.05, 4.69) is 16.8 Å². The molecule has 1 heterocycles. The van der Waals surface area contributed by atoms with Crippen molar-refractivity contribution in [2.75, 3.05) is 5.88 Å². The lowest BCUT2D eigenvalue weighted by molar-refractivity contribution is -0.141. The van der Waals surface area contributed by atoms with Crippen LogP contribution in [0.5, 0.6) is 0 Å². The van der Waals surface area contributed by atoms with Crippen LogP contribution in [0, 0.1) is 11.8 Å². The molecule has 0 unspecified atom stereocenters. The van der Waals surface area contributed by atoms with Gasteiger partial charge >= 0.3 is 6.18 Å². The lowest BCUT2D eigenvalue weighted by atomic mass is 10.2. The SMILES string of the molecule is FC(F)(F)c1cc(C#CCCl)cc(Cl)n1. The highest BCUT2D eigenvalue weighted by Crippen LogP contribution is 2.29. The second-order valence-corrected chi connectivity index (χ2v) is 3.15. The summed E-state index contributed by atoms with van der Waals surface area (Å²) in [5.74, 6) is 4.92. The number of nitrogens with zero attached hydrogens (tertiary/aromatic N) is 1. The molecule has 1 aromatic rings. The maximum absolute atomic E-state index is 12.3. The quantitative estimate of drug-likeness (QED) is 0.393. The van der Waals surface area contributed by atoms with E-state index in [-0.39, 0.29) is 16.6 Å². The maximum atomic E-state index is 12.3. The van der Waals surface area contributed by atoms with Crippen LogP contribution in [0.2, 0.25) is 5.15 Å². The Morgan fingerprint density at radius 1 is 1.33 bits per heavy atom. The van der Waals surface area contributed by atoms with E-state index < -0.39 is 11.9 Å². The van der Waals surface area contributed by atoms with Crippen LogP contribution in [0.3, 0.4) is 0 Å². The number of hydrogen-bond donors (Lipinski definition) is 0. The molecule has 0 saturated carbocycles. The van der Waals surface area contributed by atoms with Crippen LogP contribution in [0.15, 0.2) is 12.1 Å². The van der Waals surface area contributed by atoms with Crippen molar-refractivity contribution in [3.8, 4) is 11.8 Å². The summed E-state index contributed by atoms with van der Waals surface area (Å²) >= 11 is 10.7. The zero-order valence-electron chi connectivity index (χ0n) is 7.20. The third-order valence-electron chi connectivity index (χ3n) is 1.38. The van der Waals surface area contributed by atoms with Gasteiger partial charge < -0.3 is 0 Å². The van der Waals surface area contributed by atoms with E-state index >= 15 is 0 Å². The molecule has 0 radical (unpaired) electrons. The van der Waals surface area contributed by atoms with Gasteiger partial charge in [-0.25, -0.2) is 4.98 Å². The van der Waals surface area contributed by atoms with Crippen molar-refractivity contribution in [2.45, 2.75) is 6.18 Å². The lowest BCUT2D eigenvalue weighted by Crippen LogP contribution is -2.08. The summed E-state index contributed by atoms with van der Waals surface area (Å²) in [5.41, 5.74) is -0.920. The number of alkyl halides is 4.